The van der Waals surface area contributed by atoms with E-state index in [0.29, 0.717) is 24.3 Å². The summed E-state index contributed by atoms with van der Waals surface area (Å²) in [5.74, 6) is 1.74. The third kappa shape index (κ3) is 4.03. The standard InChI is InChI=1S/C16H15F3N2O2/c1-4-5-6-7-22-13-10(2)8-12(9-11(13)3)14-20-15(23-21-14)16(17,18)19/h1,8-9H,5-7H2,2-3H3. The van der Waals surface area contributed by atoms with Crippen molar-refractivity contribution in [3.63, 3.8) is 0 Å². The lowest BCUT2D eigenvalue weighted by Gasteiger charge is -2.12. The molecule has 0 amide bonds. The fraction of sp³-hybridized carbons (Fsp3) is 0.375. The Hall–Kier alpha value is -2.49. The van der Waals surface area contributed by atoms with E-state index < -0.39 is 12.1 Å². The minimum Gasteiger partial charge on any atom is -0.493 e. The van der Waals surface area contributed by atoms with Gasteiger partial charge in [0, 0.05) is 12.0 Å². The molecule has 0 saturated heterocycles. The van der Waals surface area contributed by atoms with Crippen LogP contribution in [0, 0.1) is 26.2 Å². The van der Waals surface area contributed by atoms with Crippen LogP contribution in [-0.2, 0) is 6.18 Å². The van der Waals surface area contributed by atoms with Crippen molar-refractivity contribution in [2.24, 2.45) is 0 Å². The number of unbranched alkanes of at least 4 members (excludes halogenated alkanes) is 1. The smallest absolute Gasteiger partial charge is 0.471 e. The van der Waals surface area contributed by atoms with Gasteiger partial charge in [-0.1, -0.05) is 5.16 Å². The molecule has 0 bridgehead atoms. The molecule has 0 atom stereocenters. The molecule has 1 aromatic carbocycles. The monoisotopic (exact) mass is 324 g/mol. The number of aryl methyl sites for hydroxylation is 2. The van der Waals surface area contributed by atoms with E-state index in [1.165, 1.54) is 0 Å². The Morgan fingerprint density at radius 1 is 1.26 bits per heavy atom. The first-order chi connectivity index (χ1) is 10.8. The quantitative estimate of drug-likeness (QED) is 0.612. The van der Waals surface area contributed by atoms with Crippen LogP contribution in [0.4, 0.5) is 13.2 Å². The topological polar surface area (TPSA) is 48.2 Å². The highest BCUT2D eigenvalue weighted by Crippen LogP contribution is 2.32. The van der Waals surface area contributed by atoms with Gasteiger partial charge in [-0.05, 0) is 43.5 Å². The van der Waals surface area contributed by atoms with Crippen LogP contribution in [0.25, 0.3) is 11.4 Å². The fourth-order valence-electron chi connectivity index (χ4n) is 2.11. The van der Waals surface area contributed by atoms with Crippen LogP contribution < -0.4 is 4.74 Å². The number of rotatable bonds is 5. The Balaban J connectivity index is 2.22. The molecule has 122 valence electrons. The summed E-state index contributed by atoms with van der Waals surface area (Å²) in [7, 11) is 0. The average Bonchev–Trinajstić information content (AvgIpc) is 2.95. The van der Waals surface area contributed by atoms with Crippen molar-refractivity contribution in [1.29, 1.82) is 0 Å². The number of nitrogens with zero attached hydrogens (tertiary/aromatic N) is 2. The van der Waals surface area contributed by atoms with Gasteiger partial charge in [-0.15, -0.1) is 12.3 Å². The van der Waals surface area contributed by atoms with Crippen molar-refractivity contribution in [2.45, 2.75) is 32.9 Å². The summed E-state index contributed by atoms with van der Waals surface area (Å²) in [5, 5.41) is 3.38. The summed E-state index contributed by atoms with van der Waals surface area (Å²) in [5.41, 5.74) is 1.99. The van der Waals surface area contributed by atoms with Gasteiger partial charge < -0.3 is 9.26 Å². The largest absolute Gasteiger partial charge is 0.493 e. The maximum absolute atomic E-state index is 12.5. The van der Waals surface area contributed by atoms with Crippen molar-refractivity contribution in [3.8, 4) is 29.5 Å². The van der Waals surface area contributed by atoms with Gasteiger partial charge in [0.25, 0.3) is 0 Å². The first kappa shape index (κ1) is 16.9. The van der Waals surface area contributed by atoms with Crippen molar-refractivity contribution in [2.75, 3.05) is 6.61 Å². The predicted molar refractivity (Wildman–Crippen MR) is 77.8 cm³/mol. The summed E-state index contributed by atoms with van der Waals surface area (Å²) < 4.78 is 47.5. The van der Waals surface area contributed by atoms with Gasteiger partial charge in [0.15, 0.2) is 0 Å². The zero-order chi connectivity index (χ0) is 17.0. The minimum atomic E-state index is -4.66. The Labute approximate surface area is 131 Å². The molecule has 0 fully saturated rings. The number of hydrogen-bond donors (Lipinski definition) is 0. The number of ether oxygens (including phenoxy) is 1. The number of terminal acetylenes is 1. The van der Waals surface area contributed by atoms with Crippen LogP contribution in [-0.4, -0.2) is 16.7 Å². The maximum atomic E-state index is 12.5. The predicted octanol–water partition coefficient (Wildman–Crippen LogP) is 4.16. The van der Waals surface area contributed by atoms with Crippen molar-refractivity contribution in [3.05, 3.63) is 29.2 Å². The molecule has 0 aliphatic heterocycles. The Morgan fingerprint density at radius 3 is 2.43 bits per heavy atom. The van der Waals surface area contributed by atoms with Crippen LogP contribution in [0.1, 0.15) is 29.9 Å². The molecule has 0 aliphatic rings. The van der Waals surface area contributed by atoms with Gasteiger partial charge >= 0.3 is 12.1 Å². The fourth-order valence-corrected chi connectivity index (χ4v) is 2.11. The van der Waals surface area contributed by atoms with Crippen LogP contribution in [0.2, 0.25) is 0 Å². The minimum absolute atomic E-state index is 0.109. The second-order valence-corrected chi connectivity index (χ2v) is 5.02. The van der Waals surface area contributed by atoms with Crippen molar-refractivity contribution < 1.29 is 22.4 Å². The van der Waals surface area contributed by atoms with Crippen molar-refractivity contribution in [1.82, 2.24) is 10.1 Å². The molecule has 0 radical (unpaired) electrons. The van der Waals surface area contributed by atoms with Crippen LogP contribution in [0.3, 0.4) is 0 Å². The second-order valence-electron chi connectivity index (χ2n) is 5.02. The molecule has 2 aromatic rings. The van der Waals surface area contributed by atoms with Crippen LogP contribution >= 0.6 is 0 Å². The van der Waals surface area contributed by atoms with E-state index in [4.69, 9.17) is 11.2 Å². The van der Waals surface area contributed by atoms with Gasteiger partial charge in [-0.25, -0.2) is 0 Å². The molecule has 0 aliphatic carbocycles. The molecular weight excluding hydrogens is 309 g/mol. The molecular formula is C16H15F3N2O2. The lowest BCUT2D eigenvalue weighted by Crippen LogP contribution is -2.05. The summed E-state index contributed by atoms with van der Waals surface area (Å²) in [6.07, 6.45) is 1.88. The van der Waals surface area contributed by atoms with E-state index in [1.54, 1.807) is 26.0 Å². The molecule has 1 aromatic heterocycles. The summed E-state index contributed by atoms with van der Waals surface area (Å²) in [4.78, 5) is 3.38. The summed E-state index contributed by atoms with van der Waals surface area (Å²) in [6, 6.07) is 3.32. The van der Waals surface area contributed by atoms with E-state index in [-0.39, 0.29) is 5.82 Å². The molecule has 23 heavy (non-hydrogen) atoms. The Kier molecular flexibility index (Phi) is 4.94. The number of benzene rings is 1. The maximum Gasteiger partial charge on any atom is 0.471 e. The first-order valence-electron chi connectivity index (χ1n) is 6.91. The van der Waals surface area contributed by atoms with Crippen LogP contribution in [0.15, 0.2) is 16.7 Å². The molecule has 0 spiro atoms. The zero-order valence-electron chi connectivity index (χ0n) is 12.7. The molecule has 1 heterocycles. The molecule has 4 nitrogen and oxygen atoms in total. The van der Waals surface area contributed by atoms with E-state index in [9.17, 15) is 13.2 Å². The van der Waals surface area contributed by atoms with Crippen molar-refractivity contribution >= 4 is 0 Å². The zero-order valence-corrected chi connectivity index (χ0v) is 12.7. The number of aromatic nitrogens is 2. The Morgan fingerprint density at radius 2 is 1.91 bits per heavy atom. The van der Waals surface area contributed by atoms with Gasteiger partial charge in [0.1, 0.15) is 5.75 Å². The Bertz CT molecular complexity index is 707. The van der Waals surface area contributed by atoms with E-state index in [0.717, 1.165) is 17.5 Å². The molecule has 0 saturated carbocycles. The van der Waals surface area contributed by atoms with E-state index >= 15 is 0 Å². The highest BCUT2D eigenvalue weighted by atomic mass is 19.4. The number of alkyl halides is 3. The van der Waals surface area contributed by atoms with Crippen LogP contribution in [0.5, 0.6) is 5.75 Å². The molecule has 0 N–H and O–H groups in total. The SMILES string of the molecule is C#CCCCOc1c(C)cc(-c2noc(C(F)(F)F)n2)cc1C. The van der Waals surface area contributed by atoms with Gasteiger partial charge in [-0.3, -0.25) is 0 Å². The highest BCUT2D eigenvalue weighted by molar-refractivity contribution is 5.61. The number of hydrogen-bond acceptors (Lipinski definition) is 4. The molecule has 7 heteroatoms. The normalized spacial score (nSPS) is 11.3. The van der Waals surface area contributed by atoms with Gasteiger partial charge in [0.05, 0.1) is 6.61 Å². The average molecular weight is 324 g/mol. The summed E-state index contributed by atoms with van der Waals surface area (Å²) >= 11 is 0. The second kappa shape index (κ2) is 6.73. The van der Waals surface area contributed by atoms with E-state index in [1.807, 2.05) is 0 Å². The van der Waals surface area contributed by atoms with E-state index in [2.05, 4.69) is 20.6 Å². The van der Waals surface area contributed by atoms with Gasteiger partial charge in [0.2, 0.25) is 5.82 Å². The third-order valence-electron chi connectivity index (χ3n) is 3.10. The molecule has 0 unspecified atom stereocenters. The lowest BCUT2D eigenvalue weighted by molar-refractivity contribution is -0.159. The summed E-state index contributed by atoms with van der Waals surface area (Å²) in [6.45, 7) is 4.08. The highest BCUT2D eigenvalue weighted by Gasteiger charge is 2.38. The van der Waals surface area contributed by atoms with Gasteiger partial charge in [-0.2, -0.15) is 18.2 Å². The third-order valence-corrected chi connectivity index (χ3v) is 3.10. The first-order valence-corrected chi connectivity index (χ1v) is 6.91. The molecule has 2 rings (SSSR count). The number of halogens is 3. The lowest BCUT2D eigenvalue weighted by atomic mass is 10.1.